The Kier molecular flexibility index (Phi) is 6.65. The molecule has 0 unspecified atom stereocenters. The number of para-hydroxylation sites is 1. The molecule has 168 valence electrons. The SMILES string of the molecule is CC(C)CN1CCc2nc(N3CCN(c4ccccc4)CC3)nc(N(C)C(C)C)c2C1. The fourth-order valence-corrected chi connectivity index (χ4v) is 4.59. The number of benzene rings is 1. The van der Waals surface area contributed by atoms with Gasteiger partial charge in [-0.25, -0.2) is 4.98 Å². The van der Waals surface area contributed by atoms with Crippen LogP contribution in [0.3, 0.4) is 0 Å². The molecule has 2 aromatic rings. The van der Waals surface area contributed by atoms with Gasteiger partial charge in [-0.05, 0) is 31.9 Å². The quantitative estimate of drug-likeness (QED) is 0.707. The van der Waals surface area contributed by atoms with E-state index in [0.29, 0.717) is 12.0 Å². The van der Waals surface area contributed by atoms with Crippen molar-refractivity contribution in [2.45, 2.75) is 46.7 Å². The summed E-state index contributed by atoms with van der Waals surface area (Å²) in [7, 11) is 2.17. The van der Waals surface area contributed by atoms with Gasteiger partial charge in [0.1, 0.15) is 5.82 Å². The Labute approximate surface area is 187 Å². The number of rotatable bonds is 6. The average Bonchev–Trinajstić information content (AvgIpc) is 2.78. The predicted molar refractivity (Wildman–Crippen MR) is 130 cm³/mol. The van der Waals surface area contributed by atoms with Crippen LogP contribution >= 0.6 is 0 Å². The average molecular weight is 423 g/mol. The molecule has 0 atom stereocenters. The molecule has 1 fully saturated rings. The Morgan fingerprint density at radius 3 is 2.23 bits per heavy atom. The van der Waals surface area contributed by atoms with Crippen molar-refractivity contribution in [1.29, 1.82) is 0 Å². The van der Waals surface area contributed by atoms with Gasteiger partial charge in [0, 0.05) is 76.6 Å². The van der Waals surface area contributed by atoms with Crippen molar-refractivity contribution < 1.29 is 0 Å². The fourth-order valence-electron chi connectivity index (χ4n) is 4.59. The zero-order valence-electron chi connectivity index (χ0n) is 19.9. The van der Waals surface area contributed by atoms with E-state index < -0.39 is 0 Å². The molecular formula is C25H38N6. The normalized spacial score (nSPS) is 17.4. The minimum atomic E-state index is 0.405. The fraction of sp³-hybridized carbons (Fsp3) is 0.600. The van der Waals surface area contributed by atoms with E-state index in [1.54, 1.807) is 0 Å². The summed E-state index contributed by atoms with van der Waals surface area (Å²) in [6.45, 7) is 16.2. The van der Waals surface area contributed by atoms with Crippen LogP contribution in [0.2, 0.25) is 0 Å². The van der Waals surface area contributed by atoms with Crippen molar-refractivity contribution in [2.75, 3.05) is 61.0 Å². The second kappa shape index (κ2) is 9.43. The molecule has 6 heteroatoms. The highest BCUT2D eigenvalue weighted by Gasteiger charge is 2.27. The van der Waals surface area contributed by atoms with E-state index in [4.69, 9.17) is 9.97 Å². The summed E-state index contributed by atoms with van der Waals surface area (Å²) in [6, 6.07) is 11.1. The summed E-state index contributed by atoms with van der Waals surface area (Å²) in [5, 5.41) is 0. The molecule has 0 bridgehead atoms. The van der Waals surface area contributed by atoms with E-state index in [0.717, 1.165) is 64.0 Å². The van der Waals surface area contributed by atoms with E-state index >= 15 is 0 Å². The molecule has 0 aliphatic carbocycles. The summed E-state index contributed by atoms with van der Waals surface area (Å²) >= 11 is 0. The lowest BCUT2D eigenvalue weighted by atomic mass is 10.0. The number of hydrogen-bond donors (Lipinski definition) is 0. The van der Waals surface area contributed by atoms with Crippen LogP contribution in [0, 0.1) is 5.92 Å². The van der Waals surface area contributed by atoms with Gasteiger partial charge in [-0.2, -0.15) is 4.98 Å². The predicted octanol–water partition coefficient (Wildman–Crippen LogP) is 3.66. The second-order valence-electron chi connectivity index (χ2n) is 9.67. The molecule has 6 nitrogen and oxygen atoms in total. The molecule has 4 rings (SSSR count). The minimum Gasteiger partial charge on any atom is -0.368 e. The lowest BCUT2D eigenvalue weighted by Crippen LogP contribution is -2.47. The van der Waals surface area contributed by atoms with Crippen LogP contribution in [0.1, 0.15) is 39.0 Å². The second-order valence-corrected chi connectivity index (χ2v) is 9.67. The Morgan fingerprint density at radius 1 is 0.903 bits per heavy atom. The molecule has 0 spiro atoms. The first-order valence-corrected chi connectivity index (χ1v) is 11.8. The highest BCUT2D eigenvalue weighted by molar-refractivity contribution is 5.55. The third kappa shape index (κ3) is 4.95. The highest BCUT2D eigenvalue weighted by Crippen LogP contribution is 2.30. The van der Waals surface area contributed by atoms with Gasteiger partial charge in [-0.1, -0.05) is 32.0 Å². The lowest BCUT2D eigenvalue weighted by molar-refractivity contribution is 0.224. The maximum atomic E-state index is 5.14. The number of aromatic nitrogens is 2. The van der Waals surface area contributed by atoms with Crippen LogP contribution in [-0.4, -0.2) is 67.2 Å². The molecule has 0 radical (unpaired) electrons. The first-order valence-electron chi connectivity index (χ1n) is 11.8. The Hall–Kier alpha value is -2.34. The Morgan fingerprint density at radius 2 is 1.58 bits per heavy atom. The molecule has 31 heavy (non-hydrogen) atoms. The number of piperazine rings is 1. The summed E-state index contributed by atoms with van der Waals surface area (Å²) in [5.74, 6) is 2.70. The maximum Gasteiger partial charge on any atom is 0.227 e. The summed E-state index contributed by atoms with van der Waals surface area (Å²) < 4.78 is 0. The molecule has 1 saturated heterocycles. The van der Waals surface area contributed by atoms with Gasteiger partial charge in [0.05, 0.1) is 5.69 Å². The molecule has 2 aliphatic rings. The summed E-state index contributed by atoms with van der Waals surface area (Å²) in [5.41, 5.74) is 3.88. The molecule has 0 amide bonds. The van der Waals surface area contributed by atoms with Gasteiger partial charge < -0.3 is 14.7 Å². The van der Waals surface area contributed by atoms with E-state index in [2.05, 4.69) is 84.7 Å². The maximum absolute atomic E-state index is 5.14. The van der Waals surface area contributed by atoms with Gasteiger partial charge in [-0.3, -0.25) is 4.90 Å². The van der Waals surface area contributed by atoms with Crippen molar-refractivity contribution in [2.24, 2.45) is 5.92 Å². The largest absolute Gasteiger partial charge is 0.368 e. The third-order valence-corrected chi connectivity index (χ3v) is 6.52. The van der Waals surface area contributed by atoms with E-state index in [9.17, 15) is 0 Å². The van der Waals surface area contributed by atoms with Crippen LogP contribution in [-0.2, 0) is 13.0 Å². The number of anilines is 3. The van der Waals surface area contributed by atoms with Gasteiger partial charge in [0.25, 0.3) is 0 Å². The van der Waals surface area contributed by atoms with Crippen molar-refractivity contribution in [3.8, 4) is 0 Å². The van der Waals surface area contributed by atoms with E-state index in [1.165, 1.54) is 16.9 Å². The lowest BCUT2D eigenvalue weighted by Gasteiger charge is -2.38. The monoisotopic (exact) mass is 422 g/mol. The molecule has 1 aromatic heterocycles. The third-order valence-electron chi connectivity index (χ3n) is 6.52. The van der Waals surface area contributed by atoms with E-state index in [1.807, 2.05) is 0 Å². The standard InChI is InChI=1S/C25H38N6/c1-19(2)17-29-12-11-23-22(18-29)24(28(5)20(3)4)27-25(26-23)31-15-13-30(14-16-31)21-9-7-6-8-10-21/h6-10,19-20H,11-18H2,1-5H3. The molecule has 3 heterocycles. The zero-order valence-corrected chi connectivity index (χ0v) is 19.9. The number of nitrogens with zero attached hydrogens (tertiary/aromatic N) is 6. The smallest absolute Gasteiger partial charge is 0.227 e. The van der Waals surface area contributed by atoms with E-state index in [-0.39, 0.29) is 0 Å². The van der Waals surface area contributed by atoms with Gasteiger partial charge in [0.15, 0.2) is 0 Å². The molecule has 2 aliphatic heterocycles. The summed E-state index contributed by atoms with van der Waals surface area (Å²) in [6.07, 6.45) is 1.01. The Bertz CT molecular complexity index is 858. The van der Waals surface area contributed by atoms with Crippen LogP contribution in [0.15, 0.2) is 30.3 Å². The first kappa shape index (κ1) is 21.9. The topological polar surface area (TPSA) is 38.7 Å². The van der Waals surface area contributed by atoms with Crippen molar-refractivity contribution in [3.05, 3.63) is 41.6 Å². The molecule has 1 aromatic carbocycles. The van der Waals surface area contributed by atoms with Crippen LogP contribution in [0.4, 0.5) is 17.5 Å². The minimum absolute atomic E-state index is 0.405. The van der Waals surface area contributed by atoms with Crippen molar-refractivity contribution in [3.63, 3.8) is 0 Å². The summed E-state index contributed by atoms with van der Waals surface area (Å²) in [4.78, 5) is 19.9. The van der Waals surface area contributed by atoms with Crippen molar-refractivity contribution >= 4 is 17.5 Å². The van der Waals surface area contributed by atoms with Gasteiger partial charge in [-0.15, -0.1) is 0 Å². The Balaban J connectivity index is 1.56. The molecule has 0 N–H and O–H groups in total. The van der Waals surface area contributed by atoms with Gasteiger partial charge in [0.2, 0.25) is 5.95 Å². The van der Waals surface area contributed by atoms with Crippen LogP contribution in [0.25, 0.3) is 0 Å². The van der Waals surface area contributed by atoms with Crippen LogP contribution < -0.4 is 14.7 Å². The highest BCUT2D eigenvalue weighted by atomic mass is 15.3. The first-order chi connectivity index (χ1) is 14.9. The number of fused-ring (bicyclic) bond motifs is 1. The number of hydrogen-bond acceptors (Lipinski definition) is 6. The molecular weight excluding hydrogens is 384 g/mol. The van der Waals surface area contributed by atoms with Crippen LogP contribution in [0.5, 0.6) is 0 Å². The van der Waals surface area contributed by atoms with Gasteiger partial charge >= 0.3 is 0 Å². The van der Waals surface area contributed by atoms with Crippen molar-refractivity contribution in [1.82, 2.24) is 14.9 Å². The zero-order chi connectivity index (χ0) is 22.0. The molecule has 0 saturated carbocycles.